The maximum Gasteiger partial charge on any atom is 0.254 e. The molecule has 0 spiro atoms. The van der Waals surface area contributed by atoms with E-state index in [-0.39, 0.29) is 23.6 Å². The second-order valence-corrected chi connectivity index (χ2v) is 7.24. The number of likely N-dealkylation sites (tertiary alicyclic amines) is 1. The Morgan fingerprint density at radius 3 is 2.62 bits per heavy atom. The normalized spacial score (nSPS) is 15.2. The van der Waals surface area contributed by atoms with E-state index in [0.29, 0.717) is 18.2 Å². The van der Waals surface area contributed by atoms with Gasteiger partial charge in [-0.3, -0.25) is 9.59 Å². The topological polar surface area (TPSA) is 62.5 Å². The summed E-state index contributed by atoms with van der Waals surface area (Å²) >= 11 is 6.07. The van der Waals surface area contributed by atoms with Gasteiger partial charge in [0.25, 0.3) is 5.56 Å². The Kier molecular flexibility index (Phi) is 5.67. The van der Waals surface area contributed by atoms with Crippen molar-refractivity contribution in [3.63, 3.8) is 0 Å². The van der Waals surface area contributed by atoms with Gasteiger partial charge in [-0.15, -0.1) is 0 Å². The van der Waals surface area contributed by atoms with Crippen LogP contribution < -0.4 is 5.56 Å². The lowest BCUT2D eigenvalue weighted by molar-refractivity contribution is -0.132. The predicted molar refractivity (Wildman–Crippen MR) is 102 cm³/mol. The van der Waals surface area contributed by atoms with Crippen molar-refractivity contribution in [2.75, 3.05) is 13.1 Å². The molecule has 0 unspecified atom stereocenters. The molecule has 2 heterocycles. The van der Waals surface area contributed by atoms with Crippen LogP contribution in [0.5, 0.6) is 5.75 Å². The average Bonchev–Trinajstić information content (AvgIpc) is 2.61. The lowest BCUT2D eigenvalue weighted by Gasteiger charge is -2.32. The van der Waals surface area contributed by atoms with Crippen LogP contribution in [-0.2, 0) is 11.3 Å². The molecule has 1 amide bonds. The molecule has 2 aromatic rings. The van der Waals surface area contributed by atoms with Crippen molar-refractivity contribution in [1.82, 2.24) is 9.47 Å². The number of hydrogen-bond donors (Lipinski definition) is 1. The Hall–Kier alpha value is -2.27. The van der Waals surface area contributed by atoms with Crippen molar-refractivity contribution in [2.24, 2.45) is 0 Å². The monoisotopic (exact) mass is 374 g/mol. The molecule has 0 aliphatic carbocycles. The third-order valence-electron chi connectivity index (χ3n) is 5.04. The third-order valence-corrected chi connectivity index (χ3v) is 5.27. The number of nitrogens with zero attached hydrogens (tertiary/aromatic N) is 2. The van der Waals surface area contributed by atoms with Crippen LogP contribution in [0.3, 0.4) is 0 Å². The molecule has 0 atom stereocenters. The summed E-state index contributed by atoms with van der Waals surface area (Å²) in [5, 5.41) is 10.2. The molecular formula is C20H23ClN2O3. The van der Waals surface area contributed by atoms with Crippen LogP contribution in [0.15, 0.2) is 41.2 Å². The fourth-order valence-corrected chi connectivity index (χ4v) is 3.79. The number of pyridine rings is 1. The van der Waals surface area contributed by atoms with E-state index in [2.05, 4.69) is 6.07 Å². The van der Waals surface area contributed by atoms with Crippen molar-refractivity contribution >= 4 is 17.5 Å². The quantitative estimate of drug-likeness (QED) is 0.893. The Bertz CT molecular complexity index is 854. The van der Waals surface area contributed by atoms with Crippen molar-refractivity contribution < 1.29 is 9.90 Å². The summed E-state index contributed by atoms with van der Waals surface area (Å²) in [6, 6.07) is 10.6. The largest absolute Gasteiger partial charge is 0.508 e. The minimum absolute atomic E-state index is 0.0434. The Morgan fingerprint density at radius 1 is 1.23 bits per heavy atom. The zero-order chi connectivity index (χ0) is 18.7. The summed E-state index contributed by atoms with van der Waals surface area (Å²) in [5.74, 6) is 0.451. The van der Waals surface area contributed by atoms with Crippen LogP contribution in [0.2, 0.25) is 5.02 Å². The molecule has 0 saturated carbocycles. The number of rotatable bonds is 4. The zero-order valence-corrected chi connectivity index (χ0v) is 15.6. The van der Waals surface area contributed by atoms with Gasteiger partial charge in [0.2, 0.25) is 5.91 Å². The highest BCUT2D eigenvalue weighted by Crippen LogP contribution is 2.29. The molecule has 1 aliphatic rings. The van der Waals surface area contributed by atoms with Crippen LogP contribution in [0.4, 0.5) is 0 Å². The Labute approximate surface area is 157 Å². The molecular weight excluding hydrogens is 352 g/mol. The van der Waals surface area contributed by atoms with Crippen molar-refractivity contribution in [1.29, 1.82) is 0 Å². The highest BCUT2D eigenvalue weighted by Gasteiger charge is 2.23. The summed E-state index contributed by atoms with van der Waals surface area (Å²) in [6.07, 6.45) is 2.13. The highest BCUT2D eigenvalue weighted by atomic mass is 35.5. The highest BCUT2D eigenvalue weighted by molar-refractivity contribution is 6.30. The standard InChI is InChI=1S/C20H23ClN2O3/c1-14-11-18(24)13-20(26)23(14)10-7-19(25)22-8-5-15(6-9-22)16-3-2-4-17(21)12-16/h2-4,11-13,15,24H,5-10H2,1H3. The van der Waals surface area contributed by atoms with Gasteiger partial charge >= 0.3 is 0 Å². The summed E-state index contributed by atoms with van der Waals surface area (Å²) < 4.78 is 1.52. The van der Waals surface area contributed by atoms with E-state index in [4.69, 9.17) is 11.6 Å². The Morgan fingerprint density at radius 2 is 1.96 bits per heavy atom. The lowest BCUT2D eigenvalue weighted by atomic mass is 9.89. The SMILES string of the molecule is Cc1cc(O)cc(=O)n1CCC(=O)N1CCC(c2cccc(Cl)c2)CC1. The lowest BCUT2D eigenvalue weighted by Crippen LogP contribution is -2.38. The maximum absolute atomic E-state index is 12.5. The molecule has 0 radical (unpaired) electrons. The molecule has 6 heteroatoms. The second-order valence-electron chi connectivity index (χ2n) is 6.80. The molecule has 3 rings (SSSR count). The Balaban J connectivity index is 1.55. The van der Waals surface area contributed by atoms with Crippen LogP contribution in [0.1, 0.15) is 36.4 Å². The maximum atomic E-state index is 12.5. The number of carbonyl (C=O) groups is 1. The van der Waals surface area contributed by atoms with Gasteiger partial charge in [0, 0.05) is 42.8 Å². The number of aryl methyl sites for hydroxylation is 1. The van der Waals surface area contributed by atoms with E-state index in [9.17, 15) is 14.7 Å². The smallest absolute Gasteiger partial charge is 0.254 e. The van der Waals surface area contributed by atoms with Crippen molar-refractivity contribution in [3.05, 3.63) is 63.0 Å². The fraction of sp³-hybridized carbons (Fsp3) is 0.400. The van der Waals surface area contributed by atoms with E-state index in [1.165, 1.54) is 22.3 Å². The first-order chi connectivity index (χ1) is 12.4. The average molecular weight is 375 g/mol. The van der Waals surface area contributed by atoms with E-state index in [0.717, 1.165) is 31.0 Å². The first-order valence-electron chi connectivity index (χ1n) is 8.88. The molecule has 138 valence electrons. The molecule has 1 N–H and O–H groups in total. The van der Waals surface area contributed by atoms with Crippen molar-refractivity contribution in [3.8, 4) is 5.75 Å². The van der Waals surface area contributed by atoms with Crippen LogP contribution in [-0.4, -0.2) is 33.6 Å². The molecule has 1 saturated heterocycles. The van der Waals surface area contributed by atoms with Gasteiger partial charge in [0.15, 0.2) is 0 Å². The van der Waals surface area contributed by atoms with Crippen LogP contribution >= 0.6 is 11.6 Å². The van der Waals surface area contributed by atoms with E-state index in [1.807, 2.05) is 23.1 Å². The number of hydrogen-bond acceptors (Lipinski definition) is 3. The predicted octanol–water partition coefficient (Wildman–Crippen LogP) is 3.31. The fourth-order valence-electron chi connectivity index (χ4n) is 3.59. The number of aromatic hydroxyl groups is 1. The molecule has 5 nitrogen and oxygen atoms in total. The summed E-state index contributed by atoms with van der Waals surface area (Å²) in [4.78, 5) is 26.3. The molecule has 1 fully saturated rings. The van der Waals surface area contributed by atoms with Crippen LogP contribution in [0, 0.1) is 6.92 Å². The van der Waals surface area contributed by atoms with Crippen LogP contribution in [0.25, 0.3) is 0 Å². The van der Waals surface area contributed by atoms with Gasteiger partial charge in [0.1, 0.15) is 5.75 Å². The van der Waals surface area contributed by atoms with Crippen molar-refractivity contribution in [2.45, 2.75) is 38.6 Å². The van der Waals surface area contributed by atoms with E-state index in [1.54, 1.807) is 6.92 Å². The number of carbonyl (C=O) groups excluding carboxylic acids is 1. The molecule has 1 aliphatic heterocycles. The second kappa shape index (κ2) is 7.96. The van der Waals surface area contributed by atoms with Gasteiger partial charge in [-0.1, -0.05) is 23.7 Å². The minimum atomic E-state index is -0.282. The third kappa shape index (κ3) is 4.28. The van der Waals surface area contributed by atoms with Gasteiger partial charge < -0.3 is 14.6 Å². The number of halogens is 1. The molecule has 0 bridgehead atoms. The number of piperidine rings is 1. The first-order valence-corrected chi connectivity index (χ1v) is 9.25. The summed E-state index contributed by atoms with van der Waals surface area (Å²) in [5.41, 5.74) is 1.60. The molecule has 1 aromatic heterocycles. The van der Waals surface area contributed by atoms with E-state index < -0.39 is 0 Å². The number of amides is 1. The van der Waals surface area contributed by atoms with E-state index >= 15 is 0 Å². The van der Waals surface area contributed by atoms with Gasteiger partial charge in [0.05, 0.1) is 0 Å². The number of benzene rings is 1. The minimum Gasteiger partial charge on any atom is -0.508 e. The number of aromatic nitrogens is 1. The zero-order valence-electron chi connectivity index (χ0n) is 14.8. The molecule has 26 heavy (non-hydrogen) atoms. The molecule has 1 aromatic carbocycles. The summed E-state index contributed by atoms with van der Waals surface area (Å²) in [6.45, 7) is 3.53. The van der Waals surface area contributed by atoms with Gasteiger partial charge in [-0.25, -0.2) is 0 Å². The summed E-state index contributed by atoms with van der Waals surface area (Å²) in [7, 11) is 0. The van der Waals surface area contributed by atoms with Gasteiger partial charge in [-0.2, -0.15) is 0 Å². The first kappa shape index (κ1) is 18.5. The van der Waals surface area contributed by atoms with Gasteiger partial charge in [-0.05, 0) is 49.4 Å².